The fourth-order valence-corrected chi connectivity index (χ4v) is 2.26. The van der Waals surface area contributed by atoms with Crippen molar-refractivity contribution in [3.05, 3.63) is 54.6 Å². The summed E-state index contributed by atoms with van der Waals surface area (Å²) in [5.41, 5.74) is 1.27. The van der Waals surface area contributed by atoms with Crippen molar-refractivity contribution >= 4 is 29.0 Å². The van der Waals surface area contributed by atoms with E-state index in [9.17, 15) is 8.42 Å². The molecular weight excluding hydrogens is 231 g/mol. The molecule has 5 heteroatoms. The molecule has 0 fully saturated rings. The summed E-state index contributed by atoms with van der Waals surface area (Å²) < 4.78 is 31.5. The molecule has 2 rings (SSSR count). The molecule has 1 radical (unpaired) electrons. The molecule has 0 aliphatic rings. The van der Waals surface area contributed by atoms with Crippen molar-refractivity contribution in [2.24, 2.45) is 0 Å². The van der Waals surface area contributed by atoms with E-state index >= 15 is 0 Å². The summed E-state index contributed by atoms with van der Waals surface area (Å²) in [4.78, 5) is -0.0683. The average Bonchev–Trinajstić information content (AvgIpc) is 2.29. The molecule has 1 N–H and O–H groups in total. The van der Waals surface area contributed by atoms with Gasteiger partial charge in [0.05, 0.1) is 0 Å². The maximum absolute atomic E-state index is 11.2. The fraction of sp³-hybridized carbons (Fsp3) is 0. The molecule has 2 aromatic carbocycles. The molecule has 0 heterocycles. The molecule has 0 bridgehead atoms. The van der Waals surface area contributed by atoms with E-state index in [1.165, 1.54) is 6.07 Å². The summed E-state index contributed by atoms with van der Waals surface area (Å²) in [5, 5.41) is 0. The Kier molecular flexibility index (Phi) is 4.55. The Labute approximate surface area is 112 Å². The molecule has 0 aliphatic carbocycles. The number of rotatable bonds is 2. The minimum Gasteiger partial charge on any atom is -0.282 e. The second kappa shape index (κ2) is 5.52. The van der Waals surface area contributed by atoms with E-state index in [-0.39, 0.29) is 23.8 Å². The molecule has 17 heavy (non-hydrogen) atoms. The molecule has 0 saturated heterocycles. The average molecular weight is 241 g/mol. The summed E-state index contributed by atoms with van der Waals surface area (Å²) >= 11 is 0. The molecule has 0 spiro atoms. The van der Waals surface area contributed by atoms with Crippen LogP contribution in [0.4, 0.5) is 0 Å². The molecular formula is C12H10LiO3S. The van der Waals surface area contributed by atoms with E-state index < -0.39 is 10.1 Å². The van der Waals surface area contributed by atoms with Gasteiger partial charge in [-0.1, -0.05) is 48.5 Å². The molecule has 0 saturated carbocycles. The Morgan fingerprint density at radius 3 is 1.94 bits per heavy atom. The van der Waals surface area contributed by atoms with Gasteiger partial charge in [0.25, 0.3) is 10.1 Å². The van der Waals surface area contributed by atoms with Crippen molar-refractivity contribution < 1.29 is 13.0 Å². The van der Waals surface area contributed by atoms with Gasteiger partial charge in [0.1, 0.15) is 4.90 Å². The molecule has 2 aromatic rings. The third-order valence-electron chi connectivity index (χ3n) is 2.25. The van der Waals surface area contributed by atoms with Crippen molar-refractivity contribution in [2.75, 3.05) is 0 Å². The molecule has 0 amide bonds. The Bertz CT molecular complexity index is 594. The first-order chi connectivity index (χ1) is 7.59. The van der Waals surface area contributed by atoms with Gasteiger partial charge in [0, 0.05) is 24.4 Å². The molecule has 0 aromatic heterocycles. The van der Waals surface area contributed by atoms with Gasteiger partial charge in [-0.05, 0) is 11.6 Å². The van der Waals surface area contributed by atoms with Crippen LogP contribution >= 0.6 is 0 Å². The second-order valence-electron chi connectivity index (χ2n) is 3.34. The van der Waals surface area contributed by atoms with Crippen LogP contribution in [-0.4, -0.2) is 31.8 Å². The molecule has 3 nitrogen and oxygen atoms in total. The fourth-order valence-electron chi connectivity index (χ4n) is 1.55. The Hall–Kier alpha value is -1.05. The van der Waals surface area contributed by atoms with Gasteiger partial charge in [0.2, 0.25) is 0 Å². The Morgan fingerprint density at radius 1 is 0.824 bits per heavy atom. The topological polar surface area (TPSA) is 54.4 Å². The van der Waals surface area contributed by atoms with Gasteiger partial charge in [-0.3, -0.25) is 4.55 Å². The van der Waals surface area contributed by atoms with Gasteiger partial charge < -0.3 is 0 Å². The third kappa shape index (κ3) is 3.21. The Balaban J connectivity index is 0.00000144. The van der Waals surface area contributed by atoms with Crippen LogP contribution in [0, 0.1) is 0 Å². The first-order valence-corrected chi connectivity index (χ1v) is 6.15. The molecule has 0 atom stereocenters. The standard InChI is InChI=1S/C12H10O3S.Li/c13-16(14,15)12-9-5-4-8-11(12)10-6-2-1-3-7-10;/h1-9H,(H,13,14,15);. The monoisotopic (exact) mass is 241 g/mol. The minimum absolute atomic E-state index is 0. The number of hydrogen-bond donors (Lipinski definition) is 1. The van der Waals surface area contributed by atoms with Crippen LogP contribution in [0.3, 0.4) is 0 Å². The van der Waals surface area contributed by atoms with Crippen LogP contribution < -0.4 is 0 Å². The van der Waals surface area contributed by atoms with E-state index in [1.54, 1.807) is 30.3 Å². The third-order valence-corrected chi connectivity index (χ3v) is 3.16. The SMILES string of the molecule is O=S(=O)(O)c1ccccc1-c1ccccc1.[Li]. The van der Waals surface area contributed by atoms with Gasteiger partial charge >= 0.3 is 0 Å². The molecule has 0 unspecified atom stereocenters. The predicted molar refractivity (Wildman–Crippen MR) is 67.4 cm³/mol. The van der Waals surface area contributed by atoms with Crippen LogP contribution in [0.1, 0.15) is 0 Å². The molecule has 0 aliphatic heterocycles. The van der Waals surface area contributed by atoms with Crippen LogP contribution in [0.25, 0.3) is 11.1 Å². The first-order valence-electron chi connectivity index (χ1n) is 4.71. The van der Waals surface area contributed by atoms with Gasteiger partial charge in [-0.15, -0.1) is 0 Å². The predicted octanol–water partition coefficient (Wildman–Crippen LogP) is 2.22. The van der Waals surface area contributed by atoms with Gasteiger partial charge in [-0.2, -0.15) is 8.42 Å². The zero-order valence-corrected chi connectivity index (χ0v) is 10.2. The van der Waals surface area contributed by atoms with Crippen LogP contribution in [0.5, 0.6) is 0 Å². The maximum Gasteiger partial charge on any atom is 0.295 e. The van der Waals surface area contributed by atoms with Gasteiger partial charge in [0.15, 0.2) is 0 Å². The van der Waals surface area contributed by atoms with Gasteiger partial charge in [-0.25, -0.2) is 0 Å². The van der Waals surface area contributed by atoms with Crippen LogP contribution in [0.15, 0.2) is 59.5 Å². The van der Waals surface area contributed by atoms with Crippen molar-refractivity contribution in [1.29, 1.82) is 0 Å². The van der Waals surface area contributed by atoms with Crippen LogP contribution in [0.2, 0.25) is 0 Å². The van der Waals surface area contributed by atoms with Crippen molar-refractivity contribution in [2.45, 2.75) is 4.90 Å². The number of benzene rings is 2. The minimum atomic E-state index is -4.18. The summed E-state index contributed by atoms with van der Waals surface area (Å²) in [5.74, 6) is 0. The van der Waals surface area contributed by atoms with E-state index in [4.69, 9.17) is 4.55 Å². The normalized spacial score (nSPS) is 10.6. The van der Waals surface area contributed by atoms with E-state index in [0.29, 0.717) is 5.56 Å². The maximum atomic E-state index is 11.2. The number of hydrogen-bond acceptors (Lipinski definition) is 2. The quantitative estimate of drug-likeness (QED) is 0.648. The van der Waals surface area contributed by atoms with E-state index in [0.717, 1.165) is 5.56 Å². The van der Waals surface area contributed by atoms with Crippen LogP contribution in [-0.2, 0) is 10.1 Å². The smallest absolute Gasteiger partial charge is 0.282 e. The second-order valence-corrected chi connectivity index (χ2v) is 4.73. The van der Waals surface area contributed by atoms with Crippen molar-refractivity contribution in [3.63, 3.8) is 0 Å². The van der Waals surface area contributed by atoms with E-state index in [1.807, 2.05) is 18.2 Å². The first kappa shape index (κ1) is 14.0. The summed E-state index contributed by atoms with van der Waals surface area (Å²) in [6.45, 7) is 0. The Morgan fingerprint density at radius 2 is 1.35 bits per heavy atom. The zero-order chi connectivity index (χ0) is 11.6. The largest absolute Gasteiger partial charge is 0.295 e. The van der Waals surface area contributed by atoms with E-state index in [2.05, 4.69) is 0 Å². The summed E-state index contributed by atoms with van der Waals surface area (Å²) in [6.07, 6.45) is 0. The van der Waals surface area contributed by atoms with Crippen molar-refractivity contribution in [3.8, 4) is 11.1 Å². The van der Waals surface area contributed by atoms with Crippen molar-refractivity contribution in [1.82, 2.24) is 0 Å². The zero-order valence-electron chi connectivity index (χ0n) is 9.37. The molecule has 83 valence electrons. The summed E-state index contributed by atoms with van der Waals surface area (Å²) in [6, 6.07) is 15.4. The summed E-state index contributed by atoms with van der Waals surface area (Å²) in [7, 11) is -4.18.